The van der Waals surface area contributed by atoms with Gasteiger partial charge in [-0.3, -0.25) is 0 Å². The monoisotopic (exact) mass is 227 g/mol. The summed E-state index contributed by atoms with van der Waals surface area (Å²) in [6.07, 6.45) is 2.09. The summed E-state index contributed by atoms with van der Waals surface area (Å²) >= 11 is 0. The summed E-state index contributed by atoms with van der Waals surface area (Å²) in [5, 5.41) is 0. The molecule has 0 amide bonds. The molecular weight excluding hydrogens is 212 g/mol. The van der Waals surface area contributed by atoms with Crippen molar-refractivity contribution in [1.82, 2.24) is 0 Å². The molecule has 1 aromatic rings. The van der Waals surface area contributed by atoms with Crippen molar-refractivity contribution in [2.75, 3.05) is 13.2 Å². The molecule has 0 spiro atoms. The van der Waals surface area contributed by atoms with Crippen LogP contribution in [0.3, 0.4) is 0 Å². The summed E-state index contributed by atoms with van der Waals surface area (Å²) in [6.45, 7) is 1.15. The first-order valence-corrected chi connectivity index (χ1v) is 5.40. The van der Waals surface area contributed by atoms with Gasteiger partial charge in [-0.1, -0.05) is 6.07 Å². The normalized spacial score (nSPS) is 25.7. The van der Waals surface area contributed by atoms with Crippen LogP contribution < -0.4 is 5.73 Å². The van der Waals surface area contributed by atoms with Crippen molar-refractivity contribution in [3.05, 3.63) is 35.4 Å². The van der Waals surface area contributed by atoms with E-state index in [1.54, 1.807) is 0 Å². The fourth-order valence-corrected chi connectivity index (χ4v) is 2.06. The van der Waals surface area contributed by atoms with Crippen LogP contribution in [0.25, 0.3) is 0 Å². The van der Waals surface area contributed by atoms with E-state index in [2.05, 4.69) is 0 Å². The third-order valence-electron chi connectivity index (χ3n) is 2.91. The van der Waals surface area contributed by atoms with Crippen molar-refractivity contribution in [1.29, 1.82) is 0 Å². The minimum absolute atomic E-state index is 0.388. The Labute approximate surface area is 93.4 Å². The van der Waals surface area contributed by atoms with Crippen LogP contribution in [0.2, 0.25) is 0 Å². The highest BCUT2D eigenvalue weighted by Crippen LogP contribution is 2.23. The van der Waals surface area contributed by atoms with Crippen molar-refractivity contribution in [3.8, 4) is 0 Å². The largest absolute Gasteiger partial charge is 0.380 e. The Balaban J connectivity index is 2.13. The van der Waals surface area contributed by atoms with E-state index in [-0.39, 0.29) is 0 Å². The van der Waals surface area contributed by atoms with Gasteiger partial charge < -0.3 is 10.5 Å². The third-order valence-corrected chi connectivity index (χ3v) is 2.91. The molecule has 1 aliphatic heterocycles. The highest BCUT2D eigenvalue weighted by molar-refractivity contribution is 5.21. The summed E-state index contributed by atoms with van der Waals surface area (Å²) in [6, 6.07) is 3.60. The number of hydrogen-bond donors (Lipinski definition) is 1. The molecule has 1 heterocycles. The molecule has 2 nitrogen and oxygen atoms in total. The Morgan fingerprint density at radius 3 is 2.81 bits per heavy atom. The fraction of sp³-hybridized carbons (Fsp3) is 0.500. The van der Waals surface area contributed by atoms with Crippen LogP contribution in [0.5, 0.6) is 0 Å². The van der Waals surface area contributed by atoms with Crippen molar-refractivity contribution in [2.45, 2.75) is 24.8 Å². The predicted molar refractivity (Wildman–Crippen MR) is 57.0 cm³/mol. The highest BCUT2D eigenvalue weighted by atomic mass is 19.1. The number of nitrogens with two attached hydrogens (primary N) is 1. The van der Waals surface area contributed by atoms with Crippen LogP contribution in [0.4, 0.5) is 8.78 Å². The molecule has 0 aromatic heterocycles. The molecule has 1 unspecified atom stereocenters. The van der Waals surface area contributed by atoms with Crippen LogP contribution in [-0.4, -0.2) is 18.8 Å². The second kappa shape index (κ2) is 4.47. The van der Waals surface area contributed by atoms with Crippen molar-refractivity contribution in [3.63, 3.8) is 0 Å². The molecule has 1 fully saturated rings. The molecule has 0 aliphatic carbocycles. The van der Waals surface area contributed by atoms with E-state index in [9.17, 15) is 8.78 Å². The van der Waals surface area contributed by atoms with E-state index in [4.69, 9.17) is 10.5 Å². The Kier molecular flexibility index (Phi) is 3.21. The Morgan fingerprint density at radius 1 is 1.38 bits per heavy atom. The maximum atomic E-state index is 13.4. The van der Waals surface area contributed by atoms with Gasteiger partial charge in [-0.15, -0.1) is 0 Å². The average Bonchev–Trinajstić information content (AvgIpc) is 2.23. The minimum Gasteiger partial charge on any atom is -0.380 e. The summed E-state index contributed by atoms with van der Waals surface area (Å²) in [4.78, 5) is 0. The molecule has 0 radical (unpaired) electrons. The van der Waals surface area contributed by atoms with Crippen molar-refractivity contribution >= 4 is 0 Å². The molecule has 1 atom stereocenters. The first kappa shape index (κ1) is 11.5. The van der Waals surface area contributed by atoms with E-state index < -0.39 is 17.2 Å². The van der Waals surface area contributed by atoms with Gasteiger partial charge in [0.25, 0.3) is 0 Å². The van der Waals surface area contributed by atoms with E-state index in [0.29, 0.717) is 25.2 Å². The SMILES string of the molecule is NC1(Cc2ccc(F)cc2F)CCCOC1. The predicted octanol–water partition coefficient (Wildman–Crippen LogP) is 2.02. The lowest BCUT2D eigenvalue weighted by molar-refractivity contribution is 0.0379. The van der Waals surface area contributed by atoms with Crippen LogP contribution >= 0.6 is 0 Å². The zero-order chi connectivity index (χ0) is 11.6. The maximum absolute atomic E-state index is 13.4. The summed E-state index contributed by atoms with van der Waals surface area (Å²) < 4.78 is 31.5. The van der Waals surface area contributed by atoms with E-state index in [1.165, 1.54) is 12.1 Å². The molecule has 1 aliphatic rings. The number of rotatable bonds is 2. The third kappa shape index (κ3) is 2.57. The lowest BCUT2D eigenvalue weighted by Crippen LogP contribution is -2.49. The summed E-state index contributed by atoms with van der Waals surface area (Å²) in [7, 11) is 0. The molecule has 16 heavy (non-hydrogen) atoms. The zero-order valence-electron chi connectivity index (χ0n) is 9.01. The molecule has 4 heteroatoms. The highest BCUT2D eigenvalue weighted by Gasteiger charge is 2.29. The molecular formula is C12H15F2NO. The molecule has 1 saturated heterocycles. The van der Waals surface area contributed by atoms with Gasteiger partial charge in [0.1, 0.15) is 11.6 Å². The number of hydrogen-bond acceptors (Lipinski definition) is 2. The second-order valence-electron chi connectivity index (χ2n) is 4.43. The Bertz CT molecular complexity index is 375. The van der Waals surface area contributed by atoms with Gasteiger partial charge in [-0.2, -0.15) is 0 Å². The van der Waals surface area contributed by atoms with Crippen LogP contribution in [0.15, 0.2) is 18.2 Å². The second-order valence-corrected chi connectivity index (χ2v) is 4.43. The summed E-state index contributed by atoms with van der Waals surface area (Å²) in [5.41, 5.74) is 6.05. The molecule has 2 rings (SSSR count). The Morgan fingerprint density at radius 2 is 2.19 bits per heavy atom. The smallest absolute Gasteiger partial charge is 0.129 e. The lowest BCUT2D eigenvalue weighted by atomic mass is 9.86. The van der Waals surface area contributed by atoms with Gasteiger partial charge >= 0.3 is 0 Å². The maximum Gasteiger partial charge on any atom is 0.129 e. The number of halogens is 2. The Hall–Kier alpha value is -1.00. The number of benzene rings is 1. The van der Waals surface area contributed by atoms with Crippen LogP contribution in [0.1, 0.15) is 18.4 Å². The first-order chi connectivity index (χ1) is 7.59. The van der Waals surface area contributed by atoms with Gasteiger partial charge in [0.15, 0.2) is 0 Å². The number of ether oxygens (including phenoxy) is 1. The van der Waals surface area contributed by atoms with Gasteiger partial charge in [-0.25, -0.2) is 8.78 Å². The van der Waals surface area contributed by atoms with Gasteiger partial charge in [-0.05, 0) is 30.9 Å². The van der Waals surface area contributed by atoms with E-state index >= 15 is 0 Å². The quantitative estimate of drug-likeness (QED) is 0.838. The van der Waals surface area contributed by atoms with Crippen LogP contribution in [-0.2, 0) is 11.2 Å². The van der Waals surface area contributed by atoms with Crippen molar-refractivity contribution in [2.24, 2.45) is 5.73 Å². The first-order valence-electron chi connectivity index (χ1n) is 5.40. The summed E-state index contributed by atoms with van der Waals surface area (Å²) in [5.74, 6) is -1.09. The molecule has 0 bridgehead atoms. The zero-order valence-corrected chi connectivity index (χ0v) is 9.01. The van der Waals surface area contributed by atoms with Gasteiger partial charge in [0.2, 0.25) is 0 Å². The molecule has 0 saturated carbocycles. The van der Waals surface area contributed by atoms with Crippen molar-refractivity contribution < 1.29 is 13.5 Å². The van der Waals surface area contributed by atoms with E-state index in [0.717, 1.165) is 18.9 Å². The minimum atomic E-state index is -0.563. The topological polar surface area (TPSA) is 35.2 Å². The molecule has 1 aromatic carbocycles. The molecule has 2 N–H and O–H groups in total. The standard InChI is InChI=1S/C12H15F2NO/c13-10-3-2-9(11(14)6-10)7-12(15)4-1-5-16-8-12/h2-3,6H,1,4-5,7-8,15H2. The van der Waals surface area contributed by atoms with Gasteiger partial charge in [0.05, 0.1) is 6.61 Å². The average molecular weight is 227 g/mol. The fourth-order valence-electron chi connectivity index (χ4n) is 2.06. The van der Waals surface area contributed by atoms with Crippen LogP contribution in [0, 0.1) is 11.6 Å². The van der Waals surface area contributed by atoms with Gasteiger partial charge in [0, 0.05) is 18.2 Å². The molecule has 88 valence electrons. The van der Waals surface area contributed by atoms with E-state index in [1.807, 2.05) is 0 Å². The lowest BCUT2D eigenvalue weighted by Gasteiger charge is -2.33.